The molecule has 0 bridgehead atoms. The van der Waals surface area contributed by atoms with Crippen molar-refractivity contribution in [2.24, 2.45) is 0 Å². The molecule has 1 aliphatic heterocycles. The Kier molecular flexibility index (Phi) is 12.4. The summed E-state index contributed by atoms with van der Waals surface area (Å²) in [5.41, 5.74) is -0.584. The Balaban J connectivity index is 2.02. The van der Waals surface area contributed by atoms with Crippen LogP contribution >= 0.6 is 11.8 Å². The molecule has 0 spiro atoms. The van der Waals surface area contributed by atoms with Gasteiger partial charge in [0.1, 0.15) is 29.9 Å². The number of hydrogen-bond donors (Lipinski definition) is 4. The minimum atomic E-state index is -1.26. The van der Waals surface area contributed by atoms with E-state index < -0.39 is 29.9 Å². The number of ether oxygens (including phenoxy) is 1. The van der Waals surface area contributed by atoms with Gasteiger partial charge in [-0.05, 0) is 12.2 Å². The van der Waals surface area contributed by atoms with Crippen LogP contribution in [0.15, 0.2) is 0 Å². The molecule has 1 aliphatic rings. The van der Waals surface area contributed by atoms with Gasteiger partial charge in [0.2, 0.25) is 0 Å². The molecule has 5 atom stereocenters. The molecule has 0 aromatic heterocycles. The van der Waals surface area contributed by atoms with Gasteiger partial charge in [-0.2, -0.15) is 0 Å². The lowest BCUT2D eigenvalue weighted by Crippen LogP contribution is -2.57. The van der Waals surface area contributed by atoms with Gasteiger partial charge in [-0.1, -0.05) is 64.7 Å². The van der Waals surface area contributed by atoms with Crippen LogP contribution in [0.4, 0.5) is 0 Å². The molecule has 1 fully saturated rings. The second-order valence-electron chi connectivity index (χ2n) is 6.75. The molecule has 6 heteroatoms. The predicted molar refractivity (Wildman–Crippen MR) is 98.1 cm³/mol. The van der Waals surface area contributed by atoms with Gasteiger partial charge in [-0.25, -0.2) is 0 Å². The fourth-order valence-electron chi connectivity index (χ4n) is 2.99. The van der Waals surface area contributed by atoms with Crippen LogP contribution in [0.2, 0.25) is 0 Å². The monoisotopic (exact) mass is 364 g/mol. The number of rotatable bonds is 13. The molecule has 4 N–H and O–H groups in total. The normalized spacial score (nSPS) is 30.6. The van der Waals surface area contributed by atoms with Gasteiger partial charge in [-0.3, -0.25) is 0 Å². The summed E-state index contributed by atoms with van der Waals surface area (Å²) in [6.07, 6.45) is 8.36. The highest BCUT2D eigenvalue weighted by atomic mass is 32.2. The number of aliphatic hydroxyl groups excluding tert-OH is 4. The lowest BCUT2D eigenvalue weighted by atomic mass is 10.0. The summed E-state index contributed by atoms with van der Waals surface area (Å²) in [6.45, 7) is 1.88. The number of unbranched alkanes of at least 4 members (excludes halogenated alkanes) is 9. The van der Waals surface area contributed by atoms with E-state index in [2.05, 4.69) is 6.92 Å². The van der Waals surface area contributed by atoms with Crippen LogP contribution in [0, 0.1) is 0 Å². The van der Waals surface area contributed by atoms with Crippen LogP contribution in [-0.2, 0) is 4.74 Å². The zero-order chi connectivity index (χ0) is 17.8. The van der Waals surface area contributed by atoms with E-state index in [4.69, 9.17) is 9.84 Å². The first kappa shape index (κ1) is 22.2. The van der Waals surface area contributed by atoms with E-state index in [1.54, 1.807) is 0 Å². The van der Waals surface area contributed by atoms with Crippen molar-refractivity contribution in [2.75, 3.05) is 12.4 Å². The van der Waals surface area contributed by atoms with Crippen LogP contribution in [0.5, 0.6) is 0 Å². The maximum Gasteiger partial charge on any atom is 0.132 e. The lowest BCUT2D eigenvalue weighted by Gasteiger charge is -2.39. The van der Waals surface area contributed by atoms with Crippen molar-refractivity contribution in [3.8, 4) is 0 Å². The number of thioether (sulfide) groups is 1. The van der Waals surface area contributed by atoms with Gasteiger partial charge in [0.15, 0.2) is 0 Å². The summed E-state index contributed by atoms with van der Waals surface area (Å²) in [4.78, 5) is 0. The predicted octanol–water partition coefficient (Wildman–Crippen LogP) is 2.44. The van der Waals surface area contributed by atoms with Crippen molar-refractivity contribution in [1.29, 1.82) is 0 Å². The molecule has 0 amide bonds. The van der Waals surface area contributed by atoms with Crippen LogP contribution in [0.3, 0.4) is 0 Å². The van der Waals surface area contributed by atoms with Gasteiger partial charge in [0.25, 0.3) is 0 Å². The van der Waals surface area contributed by atoms with E-state index in [-0.39, 0.29) is 6.61 Å². The fraction of sp³-hybridized carbons (Fsp3) is 1.00. The van der Waals surface area contributed by atoms with Crippen molar-refractivity contribution in [3.63, 3.8) is 0 Å². The average Bonchev–Trinajstić information content (AvgIpc) is 2.59. The summed E-state index contributed by atoms with van der Waals surface area (Å²) in [6, 6.07) is 0. The SMILES string of the molecule is CCCCCCCCCCCCS[C@H]1O[C@H](CO)[C@@H](O)[C@H](O)[C@@H]1O. The molecule has 24 heavy (non-hydrogen) atoms. The third kappa shape index (κ3) is 8.02. The molecule has 1 rings (SSSR count). The summed E-state index contributed by atoms with van der Waals surface area (Å²) in [5.74, 6) is 0.846. The summed E-state index contributed by atoms with van der Waals surface area (Å²) in [5, 5.41) is 38.6. The zero-order valence-electron chi connectivity index (χ0n) is 15.0. The molecule has 0 aliphatic carbocycles. The van der Waals surface area contributed by atoms with Crippen molar-refractivity contribution in [2.45, 2.75) is 101 Å². The highest BCUT2D eigenvalue weighted by Gasteiger charge is 2.43. The van der Waals surface area contributed by atoms with Gasteiger partial charge in [0.05, 0.1) is 6.61 Å². The molecule has 1 saturated heterocycles. The Morgan fingerprint density at radius 1 is 0.750 bits per heavy atom. The van der Waals surface area contributed by atoms with E-state index in [0.29, 0.717) is 0 Å². The molecule has 0 aromatic rings. The van der Waals surface area contributed by atoms with E-state index >= 15 is 0 Å². The van der Waals surface area contributed by atoms with Crippen LogP contribution in [-0.4, -0.2) is 62.6 Å². The number of aliphatic hydroxyl groups is 4. The van der Waals surface area contributed by atoms with Crippen molar-refractivity contribution >= 4 is 11.8 Å². The van der Waals surface area contributed by atoms with E-state index in [1.807, 2.05) is 0 Å². The Morgan fingerprint density at radius 3 is 1.83 bits per heavy atom. The second kappa shape index (κ2) is 13.4. The molecule has 0 saturated carbocycles. The quantitative estimate of drug-likeness (QED) is 0.375. The Hall–Kier alpha value is 0.150. The minimum absolute atomic E-state index is 0.361. The molecule has 0 radical (unpaired) electrons. The van der Waals surface area contributed by atoms with Gasteiger partial charge >= 0.3 is 0 Å². The van der Waals surface area contributed by atoms with Crippen molar-refractivity contribution in [1.82, 2.24) is 0 Å². The zero-order valence-corrected chi connectivity index (χ0v) is 15.8. The van der Waals surface area contributed by atoms with Crippen LogP contribution in [0.25, 0.3) is 0 Å². The number of hydrogen-bond acceptors (Lipinski definition) is 6. The highest BCUT2D eigenvalue weighted by molar-refractivity contribution is 7.99. The fourth-order valence-corrected chi connectivity index (χ4v) is 4.18. The smallest absolute Gasteiger partial charge is 0.132 e. The standard InChI is InChI=1S/C18H36O5S/c1-2-3-4-5-6-7-8-9-10-11-12-24-18-17(22)16(21)15(20)14(13-19)23-18/h14-22H,2-13H2,1H3/t14-,15-,16+,17+,18-/m1/s1. The third-order valence-corrected chi connectivity index (χ3v) is 5.87. The first-order valence-corrected chi connectivity index (χ1v) is 10.6. The van der Waals surface area contributed by atoms with Crippen molar-refractivity contribution in [3.05, 3.63) is 0 Å². The first-order valence-electron chi connectivity index (χ1n) is 9.54. The Bertz CT molecular complexity index is 303. The summed E-state index contributed by atoms with van der Waals surface area (Å²) < 4.78 is 5.48. The molecule has 0 unspecified atom stereocenters. The maximum absolute atomic E-state index is 9.95. The Morgan fingerprint density at radius 2 is 1.29 bits per heavy atom. The molecular formula is C18H36O5S. The molecular weight excluding hydrogens is 328 g/mol. The minimum Gasteiger partial charge on any atom is -0.394 e. The van der Waals surface area contributed by atoms with Gasteiger partial charge < -0.3 is 25.2 Å². The molecule has 0 aromatic carbocycles. The molecule has 5 nitrogen and oxygen atoms in total. The van der Waals surface area contributed by atoms with E-state index in [1.165, 1.54) is 69.5 Å². The summed E-state index contributed by atoms with van der Waals surface area (Å²) in [7, 11) is 0. The van der Waals surface area contributed by atoms with Gasteiger partial charge in [-0.15, -0.1) is 11.8 Å². The van der Waals surface area contributed by atoms with Crippen LogP contribution in [0.1, 0.15) is 71.1 Å². The van der Waals surface area contributed by atoms with Crippen LogP contribution < -0.4 is 0 Å². The summed E-state index contributed by atoms with van der Waals surface area (Å²) >= 11 is 1.45. The van der Waals surface area contributed by atoms with Crippen molar-refractivity contribution < 1.29 is 25.2 Å². The Labute approximate surface area is 150 Å². The molecule has 144 valence electrons. The molecule has 1 heterocycles. The highest BCUT2D eigenvalue weighted by Crippen LogP contribution is 2.29. The average molecular weight is 365 g/mol. The largest absolute Gasteiger partial charge is 0.394 e. The third-order valence-electron chi connectivity index (χ3n) is 4.63. The maximum atomic E-state index is 9.95. The van der Waals surface area contributed by atoms with E-state index in [0.717, 1.165) is 12.2 Å². The second-order valence-corrected chi connectivity index (χ2v) is 7.96. The van der Waals surface area contributed by atoms with Gasteiger partial charge in [0, 0.05) is 0 Å². The first-order chi connectivity index (χ1) is 11.6. The van der Waals surface area contributed by atoms with E-state index in [9.17, 15) is 15.3 Å². The topological polar surface area (TPSA) is 90.2 Å². The lowest BCUT2D eigenvalue weighted by molar-refractivity contribution is -0.205.